The van der Waals surface area contributed by atoms with Gasteiger partial charge in [-0.25, -0.2) is 4.68 Å². The van der Waals surface area contributed by atoms with Crippen LogP contribution in [0.2, 0.25) is 0 Å². The van der Waals surface area contributed by atoms with Gasteiger partial charge in [0, 0.05) is 0 Å². The van der Waals surface area contributed by atoms with Gasteiger partial charge in [-0.15, -0.1) is 0 Å². The molecule has 1 heterocycles. The van der Waals surface area contributed by atoms with E-state index in [0.717, 1.165) is 16.9 Å². The predicted molar refractivity (Wildman–Crippen MR) is 102 cm³/mol. The van der Waals surface area contributed by atoms with Crippen molar-refractivity contribution in [1.29, 1.82) is 0 Å². The summed E-state index contributed by atoms with van der Waals surface area (Å²) in [4.78, 5) is 12.7. The van der Waals surface area contributed by atoms with E-state index in [1.165, 1.54) is 6.08 Å². The second kappa shape index (κ2) is 7.07. The molecular formula is C20H17BrN2O2. The molecule has 126 valence electrons. The van der Waals surface area contributed by atoms with Crippen LogP contribution in [0.5, 0.6) is 5.75 Å². The number of carbonyl (C=O) groups excluding carboxylic acids is 1. The van der Waals surface area contributed by atoms with Crippen LogP contribution in [0.4, 0.5) is 0 Å². The largest absolute Gasteiger partial charge is 0.507 e. The normalized spacial score (nSPS) is 11.2. The van der Waals surface area contributed by atoms with E-state index in [2.05, 4.69) is 21.0 Å². The van der Waals surface area contributed by atoms with Crippen LogP contribution in [0.25, 0.3) is 11.8 Å². The smallest absolute Gasteiger partial charge is 0.189 e. The first-order valence-corrected chi connectivity index (χ1v) is 8.59. The van der Waals surface area contributed by atoms with Crippen LogP contribution in [-0.4, -0.2) is 20.7 Å². The lowest BCUT2D eigenvalue weighted by Gasteiger charge is -2.04. The fourth-order valence-corrected chi connectivity index (χ4v) is 3.10. The maximum Gasteiger partial charge on any atom is 0.189 e. The minimum absolute atomic E-state index is 0.0959. The molecule has 4 nitrogen and oxygen atoms in total. The van der Waals surface area contributed by atoms with Crippen LogP contribution in [0.1, 0.15) is 27.3 Å². The summed E-state index contributed by atoms with van der Waals surface area (Å²) in [5.74, 6) is 0.0701. The van der Waals surface area contributed by atoms with E-state index < -0.39 is 0 Å². The molecule has 0 saturated carbocycles. The van der Waals surface area contributed by atoms with Crippen molar-refractivity contribution in [3.05, 3.63) is 81.6 Å². The molecule has 0 amide bonds. The monoisotopic (exact) mass is 396 g/mol. The van der Waals surface area contributed by atoms with E-state index in [-0.39, 0.29) is 11.5 Å². The van der Waals surface area contributed by atoms with Gasteiger partial charge in [0.2, 0.25) is 0 Å². The van der Waals surface area contributed by atoms with Crippen molar-refractivity contribution >= 4 is 27.8 Å². The van der Waals surface area contributed by atoms with E-state index in [1.807, 2.05) is 44.2 Å². The molecule has 0 aliphatic carbocycles. The zero-order valence-electron chi connectivity index (χ0n) is 13.9. The molecule has 0 atom stereocenters. The fraction of sp³-hybridized carbons (Fsp3) is 0.100. The van der Waals surface area contributed by atoms with Gasteiger partial charge < -0.3 is 5.11 Å². The van der Waals surface area contributed by atoms with Crippen molar-refractivity contribution in [2.75, 3.05) is 0 Å². The Labute approximate surface area is 154 Å². The number of para-hydroxylation sites is 1. The number of benzene rings is 2. The Kier molecular flexibility index (Phi) is 4.86. The highest BCUT2D eigenvalue weighted by Crippen LogP contribution is 2.25. The molecule has 0 spiro atoms. The van der Waals surface area contributed by atoms with E-state index in [0.29, 0.717) is 15.7 Å². The van der Waals surface area contributed by atoms with Crippen LogP contribution in [0.3, 0.4) is 0 Å². The van der Waals surface area contributed by atoms with Crippen molar-refractivity contribution in [3.8, 4) is 11.4 Å². The van der Waals surface area contributed by atoms with E-state index in [4.69, 9.17) is 0 Å². The summed E-state index contributed by atoms with van der Waals surface area (Å²) in [6.45, 7) is 3.73. The average molecular weight is 397 g/mol. The molecule has 0 bridgehead atoms. The van der Waals surface area contributed by atoms with Gasteiger partial charge in [0.1, 0.15) is 5.75 Å². The molecule has 3 aromatic rings. The van der Waals surface area contributed by atoms with E-state index >= 15 is 0 Å². The summed E-state index contributed by atoms with van der Waals surface area (Å²) in [6, 6.07) is 14.8. The minimum Gasteiger partial charge on any atom is -0.507 e. The minimum atomic E-state index is -0.0959. The summed E-state index contributed by atoms with van der Waals surface area (Å²) in [7, 11) is 0. The summed E-state index contributed by atoms with van der Waals surface area (Å²) in [5.41, 5.74) is 3.86. The number of hydrogen-bond acceptors (Lipinski definition) is 3. The van der Waals surface area contributed by atoms with Gasteiger partial charge in [0.25, 0.3) is 0 Å². The molecule has 0 saturated heterocycles. The standard InChI is InChI=1S/C20H17BrN2O2/c1-13-20(14(2)23(22-13)16-6-4-3-5-7-16)19(25)11-9-15-8-10-18(24)17(21)12-15/h3-12,24H,1-2H3/b11-9+. The average Bonchev–Trinajstić information content (AvgIpc) is 2.91. The number of aromatic nitrogens is 2. The number of carbonyl (C=O) groups is 1. The van der Waals surface area contributed by atoms with Gasteiger partial charge in [-0.1, -0.05) is 30.3 Å². The predicted octanol–water partition coefficient (Wildman–Crippen LogP) is 4.85. The Bertz CT molecular complexity index is 959. The quantitative estimate of drug-likeness (QED) is 0.506. The lowest BCUT2D eigenvalue weighted by Crippen LogP contribution is -2.01. The molecule has 1 aromatic heterocycles. The molecule has 25 heavy (non-hydrogen) atoms. The van der Waals surface area contributed by atoms with Gasteiger partial charge in [-0.05, 0) is 65.7 Å². The third-order valence-corrected chi connectivity index (χ3v) is 4.57. The Balaban J connectivity index is 1.91. The molecule has 1 N–H and O–H groups in total. The van der Waals surface area contributed by atoms with Gasteiger partial charge in [-0.3, -0.25) is 4.79 Å². The Hall–Kier alpha value is -2.66. The van der Waals surface area contributed by atoms with Crippen LogP contribution in [0, 0.1) is 13.8 Å². The number of allylic oxidation sites excluding steroid dienone is 1. The van der Waals surface area contributed by atoms with Crippen LogP contribution >= 0.6 is 15.9 Å². The highest BCUT2D eigenvalue weighted by Gasteiger charge is 2.17. The summed E-state index contributed by atoms with van der Waals surface area (Å²) < 4.78 is 2.37. The maximum absolute atomic E-state index is 12.7. The van der Waals surface area contributed by atoms with Crippen LogP contribution < -0.4 is 0 Å². The second-order valence-electron chi connectivity index (χ2n) is 5.70. The third-order valence-electron chi connectivity index (χ3n) is 3.94. The second-order valence-corrected chi connectivity index (χ2v) is 6.56. The molecule has 5 heteroatoms. The van der Waals surface area contributed by atoms with Gasteiger partial charge in [0.15, 0.2) is 5.78 Å². The number of hydrogen-bond donors (Lipinski definition) is 1. The number of phenolic OH excluding ortho intramolecular Hbond substituents is 1. The summed E-state index contributed by atoms with van der Waals surface area (Å²) >= 11 is 3.27. The first-order chi connectivity index (χ1) is 12.0. The summed E-state index contributed by atoms with van der Waals surface area (Å²) in [5, 5.41) is 14.0. The van der Waals surface area contributed by atoms with Crippen molar-refractivity contribution < 1.29 is 9.90 Å². The number of ketones is 1. The van der Waals surface area contributed by atoms with Crippen molar-refractivity contribution in [3.63, 3.8) is 0 Å². The highest BCUT2D eigenvalue weighted by molar-refractivity contribution is 9.10. The number of phenols is 1. The molecule has 0 fully saturated rings. The fourth-order valence-electron chi connectivity index (χ4n) is 2.70. The van der Waals surface area contributed by atoms with Crippen molar-refractivity contribution in [2.24, 2.45) is 0 Å². The Morgan fingerprint density at radius 3 is 2.56 bits per heavy atom. The van der Waals surface area contributed by atoms with Crippen LogP contribution in [-0.2, 0) is 0 Å². The van der Waals surface area contributed by atoms with Crippen molar-refractivity contribution in [2.45, 2.75) is 13.8 Å². The topological polar surface area (TPSA) is 55.1 Å². The Morgan fingerprint density at radius 2 is 1.88 bits per heavy atom. The number of rotatable bonds is 4. The number of aromatic hydroxyl groups is 1. The molecule has 0 aliphatic heterocycles. The molecule has 2 aromatic carbocycles. The van der Waals surface area contributed by atoms with Crippen molar-refractivity contribution in [1.82, 2.24) is 9.78 Å². The number of nitrogens with zero attached hydrogens (tertiary/aromatic N) is 2. The molecular weight excluding hydrogens is 380 g/mol. The zero-order valence-corrected chi connectivity index (χ0v) is 15.5. The zero-order chi connectivity index (χ0) is 18.0. The summed E-state index contributed by atoms with van der Waals surface area (Å²) in [6.07, 6.45) is 3.26. The van der Waals surface area contributed by atoms with Gasteiger partial charge in [0.05, 0.1) is 27.1 Å². The molecule has 0 aliphatic rings. The van der Waals surface area contributed by atoms with Gasteiger partial charge >= 0.3 is 0 Å². The van der Waals surface area contributed by atoms with Gasteiger partial charge in [-0.2, -0.15) is 5.10 Å². The van der Waals surface area contributed by atoms with E-state index in [9.17, 15) is 9.90 Å². The highest BCUT2D eigenvalue weighted by atomic mass is 79.9. The lowest BCUT2D eigenvalue weighted by atomic mass is 10.1. The third kappa shape index (κ3) is 3.56. The molecule has 0 unspecified atom stereocenters. The first kappa shape index (κ1) is 17.2. The SMILES string of the molecule is Cc1nn(-c2ccccc2)c(C)c1C(=O)/C=C/c1ccc(O)c(Br)c1. The lowest BCUT2D eigenvalue weighted by molar-refractivity contribution is 0.104. The Morgan fingerprint density at radius 1 is 1.16 bits per heavy atom. The van der Waals surface area contributed by atoms with Crippen LogP contribution in [0.15, 0.2) is 59.1 Å². The molecule has 3 rings (SSSR count). The number of halogens is 1. The maximum atomic E-state index is 12.7. The number of aryl methyl sites for hydroxylation is 1. The van der Waals surface area contributed by atoms with E-state index in [1.54, 1.807) is 29.0 Å². The first-order valence-electron chi connectivity index (χ1n) is 7.80. The molecule has 0 radical (unpaired) electrons.